The summed E-state index contributed by atoms with van der Waals surface area (Å²) < 4.78 is 10.0. The van der Waals surface area contributed by atoms with E-state index in [2.05, 4.69) is 10.6 Å². The Balaban J connectivity index is 4.33. The predicted octanol–water partition coefficient (Wildman–Crippen LogP) is 1.36. The van der Waals surface area contributed by atoms with Crippen molar-refractivity contribution in [3.63, 3.8) is 0 Å². The minimum Gasteiger partial charge on any atom is -0.461 e. The first-order valence-corrected chi connectivity index (χ1v) is 6.92. The molecule has 0 aromatic rings. The second kappa shape index (κ2) is 7.85. The molecule has 0 spiro atoms. The van der Waals surface area contributed by atoms with E-state index >= 15 is 0 Å². The molecular formula is C14H26N2O5. The van der Waals surface area contributed by atoms with Crippen LogP contribution in [0.2, 0.25) is 0 Å². The second-order valence-electron chi connectivity index (χ2n) is 6.08. The number of esters is 1. The first kappa shape index (κ1) is 19.2. The van der Waals surface area contributed by atoms with Crippen LogP contribution in [0, 0.1) is 0 Å². The Hall–Kier alpha value is -1.79. The summed E-state index contributed by atoms with van der Waals surface area (Å²) in [4.78, 5) is 35.0. The number of rotatable bonds is 5. The van der Waals surface area contributed by atoms with Crippen molar-refractivity contribution in [1.29, 1.82) is 0 Å². The van der Waals surface area contributed by atoms with E-state index in [1.54, 1.807) is 34.6 Å². The van der Waals surface area contributed by atoms with E-state index in [9.17, 15) is 14.4 Å². The molecule has 0 saturated carbocycles. The summed E-state index contributed by atoms with van der Waals surface area (Å²) in [5.41, 5.74) is -0.644. The van der Waals surface area contributed by atoms with E-state index in [4.69, 9.17) is 9.47 Å². The third kappa shape index (κ3) is 8.88. The van der Waals surface area contributed by atoms with Crippen molar-refractivity contribution >= 4 is 18.0 Å². The third-order valence-electron chi connectivity index (χ3n) is 2.19. The first-order chi connectivity index (χ1) is 9.42. The predicted molar refractivity (Wildman–Crippen MR) is 77.7 cm³/mol. The monoisotopic (exact) mass is 302 g/mol. The van der Waals surface area contributed by atoms with Crippen LogP contribution in [0.25, 0.3) is 0 Å². The second-order valence-corrected chi connectivity index (χ2v) is 6.08. The molecule has 0 aliphatic carbocycles. The number of ether oxygens (including phenoxy) is 2. The number of nitrogens with one attached hydrogen (secondary N) is 2. The Bertz CT molecular complexity index is 387. The van der Waals surface area contributed by atoms with Gasteiger partial charge in [-0.05, 0) is 48.5 Å². The van der Waals surface area contributed by atoms with E-state index in [0.717, 1.165) is 0 Å². The summed E-state index contributed by atoms with van der Waals surface area (Å²) in [6.45, 7) is 11.6. The van der Waals surface area contributed by atoms with E-state index < -0.39 is 35.7 Å². The van der Waals surface area contributed by atoms with Crippen molar-refractivity contribution in [2.75, 3.05) is 0 Å². The molecule has 0 saturated heterocycles. The van der Waals surface area contributed by atoms with Gasteiger partial charge in [0.2, 0.25) is 5.91 Å². The van der Waals surface area contributed by atoms with E-state index in [0.29, 0.717) is 0 Å². The molecule has 7 nitrogen and oxygen atoms in total. The number of carbonyl (C=O) groups is 3. The highest BCUT2D eigenvalue weighted by Crippen LogP contribution is 2.06. The van der Waals surface area contributed by atoms with Gasteiger partial charge >= 0.3 is 12.1 Å². The summed E-state index contributed by atoms with van der Waals surface area (Å²) in [5.74, 6) is -1.02. The molecule has 0 bridgehead atoms. The third-order valence-corrected chi connectivity index (χ3v) is 2.19. The lowest BCUT2D eigenvalue weighted by molar-refractivity contribution is -0.151. The van der Waals surface area contributed by atoms with Gasteiger partial charge in [0.05, 0.1) is 6.10 Å². The van der Waals surface area contributed by atoms with Crippen LogP contribution in [0.3, 0.4) is 0 Å². The highest BCUT2D eigenvalue weighted by Gasteiger charge is 2.24. The fourth-order valence-electron chi connectivity index (χ4n) is 1.28. The highest BCUT2D eigenvalue weighted by molar-refractivity contribution is 5.89. The van der Waals surface area contributed by atoms with Gasteiger partial charge < -0.3 is 20.1 Å². The number of hydrogen-bond donors (Lipinski definition) is 2. The lowest BCUT2D eigenvalue weighted by atomic mass is 10.2. The number of amides is 2. The fraction of sp³-hybridized carbons (Fsp3) is 0.786. The van der Waals surface area contributed by atoms with Crippen molar-refractivity contribution in [2.24, 2.45) is 0 Å². The zero-order valence-electron chi connectivity index (χ0n) is 13.8. The zero-order chi connectivity index (χ0) is 16.8. The molecule has 2 amide bonds. The quantitative estimate of drug-likeness (QED) is 0.748. The molecule has 0 radical (unpaired) electrons. The van der Waals surface area contributed by atoms with Crippen LogP contribution in [0.15, 0.2) is 0 Å². The molecule has 122 valence electrons. The van der Waals surface area contributed by atoms with Crippen LogP contribution in [-0.4, -0.2) is 41.8 Å². The molecule has 0 aliphatic rings. The normalized spacial score (nSPS) is 14.1. The zero-order valence-corrected chi connectivity index (χ0v) is 13.8. The number of alkyl carbamates (subject to hydrolysis) is 1. The SMILES string of the molecule is CC(C)OC(=O)C(C)NC(=O)C(C)NC(=O)OC(C)(C)C. The summed E-state index contributed by atoms with van der Waals surface area (Å²) in [6, 6.07) is -1.61. The largest absolute Gasteiger partial charge is 0.461 e. The molecule has 0 aromatic carbocycles. The maximum absolute atomic E-state index is 11.9. The molecule has 0 heterocycles. The van der Waals surface area contributed by atoms with Gasteiger partial charge in [0, 0.05) is 0 Å². The minimum atomic E-state index is -0.825. The van der Waals surface area contributed by atoms with Crippen molar-refractivity contribution in [3.05, 3.63) is 0 Å². The minimum absolute atomic E-state index is 0.255. The molecule has 2 N–H and O–H groups in total. The Morgan fingerprint density at radius 2 is 1.43 bits per heavy atom. The Kier molecular flexibility index (Phi) is 7.18. The smallest absolute Gasteiger partial charge is 0.408 e. The van der Waals surface area contributed by atoms with Crippen molar-refractivity contribution < 1.29 is 23.9 Å². The lowest BCUT2D eigenvalue weighted by Gasteiger charge is -2.22. The molecule has 7 heteroatoms. The molecule has 2 atom stereocenters. The van der Waals surface area contributed by atoms with Gasteiger partial charge in [0.25, 0.3) is 0 Å². The standard InChI is InChI=1S/C14H26N2O5/c1-8(2)20-12(18)10(4)15-11(17)9(3)16-13(19)21-14(5,6)7/h8-10H,1-7H3,(H,15,17)(H,16,19). The summed E-state index contributed by atoms with van der Waals surface area (Å²) >= 11 is 0. The Labute approximate surface area is 125 Å². The van der Waals surface area contributed by atoms with Crippen molar-refractivity contribution in [2.45, 2.75) is 72.3 Å². The van der Waals surface area contributed by atoms with Gasteiger partial charge in [-0.3, -0.25) is 4.79 Å². The van der Waals surface area contributed by atoms with Gasteiger partial charge in [-0.25, -0.2) is 9.59 Å². The number of carbonyl (C=O) groups excluding carboxylic acids is 3. The molecule has 0 rings (SSSR count). The number of hydrogen-bond acceptors (Lipinski definition) is 5. The van der Waals surface area contributed by atoms with E-state index in [1.807, 2.05) is 0 Å². The maximum Gasteiger partial charge on any atom is 0.408 e. The van der Waals surface area contributed by atoms with E-state index in [1.165, 1.54) is 13.8 Å². The molecular weight excluding hydrogens is 276 g/mol. The van der Waals surface area contributed by atoms with Gasteiger partial charge in [-0.1, -0.05) is 0 Å². The van der Waals surface area contributed by atoms with Crippen LogP contribution >= 0.6 is 0 Å². The fourth-order valence-corrected chi connectivity index (χ4v) is 1.28. The lowest BCUT2D eigenvalue weighted by Crippen LogP contribution is -2.50. The first-order valence-electron chi connectivity index (χ1n) is 6.92. The summed E-state index contributed by atoms with van der Waals surface area (Å²) in [5, 5.41) is 4.87. The Morgan fingerprint density at radius 1 is 0.905 bits per heavy atom. The van der Waals surface area contributed by atoms with Crippen LogP contribution < -0.4 is 10.6 Å². The maximum atomic E-state index is 11.9. The van der Waals surface area contributed by atoms with Crippen LogP contribution in [0.5, 0.6) is 0 Å². The van der Waals surface area contributed by atoms with Gasteiger partial charge in [0.1, 0.15) is 17.7 Å². The Morgan fingerprint density at radius 3 is 1.86 bits per heavy atom. The average molecular weight is 302 g/mol. The van der Waals surface area contributed by atoms with Crippen molar-refractivity contribution in [1.82, 2.24) is 10.6 Å². The van der Waals surface area contributed by atoms with Crippen LogP contribution in [0.4, 0.5) is 4.79 Å². The summed E-state index contributed by atoms with van der Waals surface area (Å²) in [6.07, 6.45) is -0.947. The van der Waals surface area contributed by atoms with Gasteiger partial charge in [-0.2, -0.15) is 0 Å². The van der Waals surface area contributed by atoms with Crippen LogP contribution in [0.1, 0.15) is 48.5 Å². The molecule has 2 unspecified atom stereocenters. The average Bonchev–Trinajstić information content (AvgIpc) is 2.24. The molecule has 0 aliphatic heterocycles. The van der Waals surface area contributed by atoms with E-state index in [-0.39, 0.29) is 6.10 Å². The molecule has 0 fully saturated rings. The highest BCUT2D eigenvalue weighted by atomic mass is 16.6. The summed E-state index contributed by atoms with van der Waals surface area (Å²) in [7, 11) is 0. The molecule has 21 heavy (non-hydrogen) atoms. The van der Waals surface area contributed by atoms with Crippen molar-refractivity contribution in [3.8, 4) is 0 Å². The topological polar surface area (TPSA) is 93.7 Å². The van der Waals surface area contributed by atoms with Gasteiger partial charge in [0.15, 0.2) is 0 Å². The van der Waals surface area contributed by atoms with Crippen LogP contribution in [-0.2, 0) is 19.1 Å². The molecule has 0 aromatic heterocycles. The van der Waals surface area contributed by atoms with Gasteiger partial charge in [-0.15, -0.1) is 0 Å².